The molecule has 1 fully saturated rings. The van der Waals surface area contributed by atoms with Crippen molar-refractivity contribution in [3.63, 3.8) is 0 Å². The molecule has 8 nitrogen and oxygen atoms in total. The molecule has 1 aliphatic carbocycles. The highest BCUT2D eigenvalue weighted by atomic mass is 16.2. The Hall–Kier alpha value is -4.20. The number of rotatable bonds is 10. The van der Waals surface area contributed by atoms with Crippen LogP contribution in [-0.4, -0.2) is 48.8 Å². The van der Waals surface area contributed by atoms with Crippen molar-refractivity contribution in [1.82, 2.24) is 21.3 Å². The minimum absolute atomic E-state index is 0.00485. The lowest BCUT2D eigenvalue weighted by Crippen LogP contribution is -2.47. The number of hydrogen-bond donors (Lipinski definition) is 4. The minimum atomic E-state index is -0.330. The molecule has 0 radical (unpaired) electrons. The van der Waals surface area contributed by atoms with E-state index in [1.54, 1.807) is 12.2 Å². The summed E-state index contributed by atoms with van der Waals surface area (Å²) in [6, 6.07) is 18.9. The van der Waals surface area contributed by atoms with Gasteiger partial charge in [0.1, 0.15) is 0 Å². The second kappa shape index (κ2) is 14.3. The van der Waals surface area contributed by atoms with Gasteiger partial charge in [-0.25, -0.2) is 0 Å². The summed E-state index contributed by atoms with van der Waals surface area (Å²) in [5, 5.41) is 11.0. The van der Waals surface area contributed by atoms with Crippen LogP contribution in [0.4, 0.5) is 0 Å². The number of amides is 4. The number of carbonyl (C=O) groups is 4. The van der Waals surface area contributed by atoms with Gasteiger partial charge < -0.3 is 21.3 Å². The zero-order chi connectivity index (χ0) is 25.6. The maximum Gasteiger partial charge on any atom is 0.244 e. The third kappa shape index (κ3) is 9.97. The van der Waals surface area contributed by atoms with Crippen molar-refractivity contribution in [3.8, 4) is 0 Å². The Morgan fingerprint density at radius 1 is 0.611 bits per heavy atom. The molecule has 2 aromatic carbocycles. The molecule has 1 saturated carbocycles. The molecular formula is C28H32N4O4. The molecule has 3 rings (SSSR count). The monoisotopic (exact) mass is 488 g/mol. The van der Waals surface area contributed by atoms with Crippen LogP contribution in [0.5, 0.6) is 0 Å². The van der Waals surface area contributed by atoms with Crippen LogP contribution >= 0.6 is 0 Å². The highest BCUT2D eigenvalue weighted by molar-refractivity contribution is 5.95. The van der Waals surface area contributed by atoms with Crippen LogP contribution in [0.2, 0.25) is 0 Å². The zero-order valence-corrected chi connectivity index (χ0v) is 20.1. The molecule has 4 amide bonds. The standard InChI is InChI=1S/C28H32N4O4/c33-25(17-11-21-7-3-1-4-8-21)29-19-27(35)31-23-13-15-24(16-14-23)32-28(36)20-30-26(34)18-12-22-9-5-2-6-10-22/h1-12,17-18,23-24H,13-16,19-20H2,(H,29,33)(H,30,34)(H,31,35)(H,32,36)/b17-11+,18-12+. The van der Waals surface area contributed by atoms with Crippen molar-refractivity contribution < 1.29 is 19.2 Å². The fraction of sp³-hybridized carbons (Fsp3) is 0.286. The Bertz CT molecular complexity index is 988. The van der Waals surface area contributed by atoms with E-state index >= 15 is 0 Å². The summed E-state index contributed by atoms with van der Waals surface area (Å²) < 4.78 is 0. The molecule has 0 spiro atoms. The van der Waals surface area contributed by atoms with E-state index in [9.17, 15) is 19.2 Å². The average Bonchev–Trinajstić information content (AvgIpc) is 2.90. The van der Waals surface area contributed by atoms with E-state index < -0.39 is 0 Å². The quantitative estimate of drug-likeness (QED) is 0.384. The van der Waals surface area contributed by atoms with Crippen molar-refractivity contribution in [1.29, 1.82) is 0 Å². The molecule has 0 bridgehead atoms. The topological polar surface area (TPSA) is 116 Å². The number of benzene rings is 2. The Morgan fingerprint density at radius 3 is 1.33 bits per heavy atom. The summed E-state index contributed by atoms with van der Waals surface area (Å²) in [7, 11) is 0. The van der Waals surface area contributed by atoms with E-state index in [1.165, 1.54) is 12.2 Å². The predicted octanol–water partition coefficient (Wildman–Crippen LogP) is 2.19. The van der Waals surface area contributed by atoms with Crippen LogP contribution in [0.25, 0.3) is 12.2 Å². The first-order chi connectivity index (χ1) is 17.5. The molecule has 1 aliphatic rings. The first-order valence-corrected chi connectivity index (χ1v) is 12.1. The number of carbonyl (C=O) groups excluding carboxylic acids is 4. The first-order valence-electron chi connectivity index (χ1n) is 12.1. The third-order valence-electron chi connectivity index (χ3n) is 5.76. The van der Waals surface area contributed by atoms with E-state index in [0.29, 0.717) is 0 Å². The Balaban J connectivity index is 1.27. The van der Waals surface area contributed by atoms with Gasteiger partial charge in [0, 0.05) is 24.2 Å². The first kappa shape index (κ1) is 26.4. The molecule has 0 heterocycles. The summed E-state index contributed by atoms with van der Waals surface area (Å²) in [4.78, 5) is 48.2. The smallest absolute Gasteiger partial charge is 0.244 e. The van der Waals surface area contributed by atoms with Gasteiger partial charge in [-0.05, 0) is 49.0 Å². The average molecular weight is 489 g/mol. The van der Waals surface area contributed by atoms with Gasteiger partial charge in [0.2, 0.25) is 23.6 Å². The van der Waals surface area contributed by atoms with Gasteiger partial charge in [-0.2, -0.15) is 0 Å². The second-order valence-electron chi connectivity index (χ2n) is 8.61. The zero-order valence-electron chi connectivity index (χ0n) is 20.1. The fourth-order valence-electron chi connectivity index (χ4n) is 3.86. The van der Waals surface area contributed by atoms with E-state index in [2.05, 4.69) is 21.3 Å². The molecule has 0 atom stereocenters. The lowest BCUT2D eigenvalue weighted by Gasteiger charge is -2.29. The third-order valence-corrected chi connectivity index (χ3v) is 5.76. The van der Waals surface area contributed by atoms with Crippen molar-refractivity contribution in [3.05, 3.63) is 83.9 Å². The maximum atomic E-state index is 12.2. The molecule has 2 aromatic rings. The Labute approximate surface area is 211 Å². The molecule has 4 N–H and O–H groups in total. The van der Waals surface area contributed by atoms with Crippen molar-refractivity contribution in [2.75, 3.05) is 13.1 Å². The number of nitrogens with one attached hydrogen (secondary N) is 4. The van der Waals surface area contributed by atoms with Gasteiger partial charge in [0.25, 0.3) is 0 Å². The van der Waals surface area contributed by atoms with Crippen LogP contribution in [-0.2, 0) is 19.2 Å². The summed E-state index contributed by atoms with van der Waals surface area (Å²) in [5.41, 5.74) is 1.81. The van der Waals surface area contributed by atoms with Crippen molar-refractivity contribution >= 4 is 35.8 Å². The van der Waals surface area contributed by atoms with Crippen molar-refractivity contribution in [2.45, 2.75) is 37.8 Å². The lowest BCUT2D eigenvalue weighted by atomic mass is 9.91. The molecular weight excluding hydrogens is 456 g/mol. The summed E-state index contributed by atoms with van der Waals surface area (Å²) in [5.74, 6) is -1.14. The molecule has 0 aliphatic heterocycles. The van der Waals surface area contributed by atoms with Gasteiger partial charge in [-0.3, -0.25) is 19.2 Å². The molecule has 0 saturated heterocycles. The highest BCUT2D eigenvalue weighted by Crippen LogP contribution is 2.18. The van der Waals surface area contributed by atoms with Crippen LogP contribution in [0.3, 0.4) is 0 Å². The highest BCUT2D eigenvalue weighted by Gasteiger charge is 2.23. The van der Waals surface area contributed by atoms with Crippen molar-refractivity contribution in [2.24, 2.45) is 0 Å². The summed E-state index contributed by atoms with van der Waals surface area (Å²) >= 11 is 0. The number of hydrogen-bond acceptors (Lipinski definition) is 4. The lowest BCUT2D eigenvalue weighted by molar-refractivity contribution is -0.125. The van der Waals surface area contributed by atoms with Crippen LogP contribution in [0, 0.1) is 0 Å². The van der Waals surface area contributed by atoms with Crippen LogP contribution < -0.4 is 21.3 Å². The molecule has 36 heavy (non-hydrogen) atoms. The normalized spacial score (nSPS) is 17.4. The fourth-order valence-corrected chi connectivity index (χ4v) is 3.86. The van der Waals surface area contributed by atoms with Gasteiger partial charge >= 0.3 is 0 Å². The van der Waals surface area contributed by atoms with E-state index in [4.69, 9.17) is 0 Å². The van der Waals surface area contributed by atoms with Gasteiger partial charge in [0.15, 0.2) is 0 Å². The van der Waals surface area contributed by atoms with E-state index in [-0.39, 0.29) is 48.8 Å². The minimum Gasteiger partial charge on any atom is -0.352 e. The van der Waals surface area contributed by atoms with E-state index in [1.807, 2.05) is 60.7 Å². The van der Waals surface area contributed by atoms with Gasteiger partial charge in [-0.15, -0.1) is 0 Å². The molecule has 8 heteroatoms. The summed E-state index contributed by atoms with van der Waals surface area (Å²) in [6.45, 7) is -0.180. The Kier molecular flexibility index (Phi) is 10.5. The van der Waals surface area contributed by atoms with Gasteiger partial charge in [0.05, 0.1) is 13.1 Å². The predicted molar refractivity (Wildman–Crippen MR) is 139 cm³/mol. The maximum absolute atomic E-state index is 12.2. The second-order valence-corrected chi connectivity index (χ2v) is 8.61. The SMILES string of the molecule is O=C(/C=C/c1ccccc1)NCC(=O)NC1CCC(NC(=O)CNC(=O)/C=C/c2ccccc2)CC1. The van der Waals surface area contributed by atoms with Crippen LogP contribution in [0.15, 0.2) is 72.8 Å². The molecule has 0 unspecified atom stereocenters. The largest absolute Gasteiger partial charge is 0.352 e. The Morgan fingerprint density at radius 2 is 0.972 bits per heavy atom. The van der Waals surface area contributed by atoms with Gasteiger partial charge in [-0.1, -0.05) is 60.7 Å². The molecule has 0 aromatic heterocycles. The van der Waals surface area contributed by atoms with Crippen LogP contribution in [0.1, 0.15) is 36.8 Å². The van der Waals surface area contributed by atoms with E-state index in [0.717, 1.165) is 36.8 Å². The molecule has 188 valence electrons. The summed E-state index contributed by atoms with van der Waals surface area (Å²) in [6.07, 6.45) is 9.09.